The van der Waals surface area contributed by atoms with E-state index in [0.29, 0.717) is 18.3 Å². The summed E-state index contributed by atoms with van der Waals surface area (Å²) in [4.78, 5) is 9.80. The second-order valence-electron chi connectivity index (χ2n) is 8.40. The highest BCUT2D eigenvalue weighted by molar-refractivity contribution is 9.10. The van der Waals surface area contributed by atoms with Crippen molar-refractivity contribution in [1.29, 1.82) is 5.26 Å². The highest BCUT2D eigenvalue weighted by Crippen LogP contribution is 2.40. The number of pyridine rings is 1. The SMILES string of the molecule is CCc1c(Br)c(C2CCC(CC#N)CC2)nc2c(-c3cnc4ccccc4c3)cnn12. The van der Waals surface area contributed by atoms with Gasteiger partial charge in [0.1, 0.15) is 0 Å². The summed E-state index contributed by atoms with van der Waals surface area (Å²) >= 11 is 3.85. The summed E-state index contributed by atoms with van der Waals surface area (Å²) in [6, 6.07) is 12.7. The number of halogens is 1. The van der Waals surface area contributed by atoms with Gasteiger partial charge in [0.05, 0.1) is 33.6 Å². The summed E-state index contributed by atoms with van der Waals surface area (Å²) in [5, 5.41) is 14.8. The highest BCUT2D eigenvalue weighted by Gasteiger charge is 2.27. The molecule has 1 aliphatic rings. The van der Waals surface area contributed by atoms with Gasteiger partial charge in [0, 0.05) is 35.0 Å². The van der Waals surface area contributed by atoms with Gasteiger partial charge in [0.15, 0.2) is 5.65 Å². The molecule has 1 aliphatic carbocycles. The van der Waals surface area contributed by atoms with E-state index in [0.717, 1.165) is 75.6 Å². The van der Waals surface area contributed by atoms with Crippen LogP contribution in [-0.2, 0) is 6.42 Å². The molecule has 3 aromatic heterocycles. The molecular weight excluding hydrogens is 450 g/mol. The molecule has 156 valence electrons. The predicted molar refractivity (Wildman–Crippen MR) is 126 cm³/mol. The lowest BCUT2D eigenvalue weighted by atomic mass is 9.79. The molecular formula is C25H24BrN5. The third-order valence-corrected chi connectivity index (χ3v) is 7.42. The fourth-order valence-electron chi connectivity index (χ4n) is 4.82. The van der Waals surface area contributed by atoms with Crippen LogP contribution >= 0.6 is 15.9 Å². The highest BCUT2D eigenvalue weighted by atomic mass is 79.9. The molecule has 4 aromatic rings. The zero-order chi connectivity index (χ0) is 21.4. The number of hydrogen-bond acceptors (Lipinski definition) is 4. The van der Waals surface area contributed by atoms with E-state index in [1.165, 1.54) is 0 Å². The van der Waals surface area contributed by atoms with Gasteiger partial charge in [0.25, 0.3) is 0 Å². The van der Waals surface area contributed by atoms with Gasteiger partial charge < -0.3 is 0 Å². The van der Waals surface area contributed by atoms with E-state index in [1.54, 1.807) is 0 Å². The first kappa shape index (κ1) is 20.1. The largest absolute Gasteiger partial charge is 0.256 e. The third-order valence-electron chi connectivity index (χ3n) is 6.55. The molecule has 1 fully saturated rings. The minimum absolute atomic E-state index is 0.414. The number of rotatable bonds is 4. The van der Waals surface area contributed by atoms with Crippen molar-refractivity contribution < 1.29 is 0 Å². The lowest BCUT2D eigenvalue weighted by Crippen LogP contribution is -2.16. The van der Waals surface area contributed by atoms with Crippen molar-refractivity contribution in [1.82, 2.24) is 19.6 Å². The summed E-state index contributed by atoms with van der Waals surface area (Å²) < 4.78 is 3.05. The summed E-state index contributed by atoms with van der Waals surface area (Å²) in [5.41, 5.74) is 6.22. The first-order valence-electron chi connectivity index (χ1n) is 11.0. The second kappa shape index (κ2) is 8.39. The molecule has 1 saturated carbocycles. The van der Waals surface area contributed by atoms with Crippen LogP contribution in [0.1, 0.15) is 56.3 Å². The minimum atomic E-state index is 0.414. The Balaban J connectivity index is 1.60. The van der Waals surface area contributed by atoms with Crippen LogP contribution in [0.5, 0.6) is 0 Å². The van der Waals surface area contributed by atoms with Crippen molar-refractivity contribution in [2.24, 2.45) is 5.92 Å². The minimum Gasteiger partial charge on any atom is -0.256 e. The van der Waals surface area contributed by atoms with Gasteiger partial charge in [-0.25, -0.2) is 9.50 Å². The summed E-state index contributed by atoms with van der Waals surface area (Å²) in [6.07, 6.45) is 9.72. The van der Waals surface area contributed by atoms with Crippen molar-refractivity contribution in [3.8, 4) is 17.2 Å². The van der Waals surface area contributed by atoms with E-state index in [-0.39, 0.29) is 0 Å². The molecule has 6 heteroatoms. The van der Waals surface area contributed by atoms with Gasteiger partial charge in [-0.1, -0.05) is 25.1 Å². The quantitative estimate of drug-likeness (QED) is 0.341. The Morgan fingerprint density at radius 2 is 1.97 bits per heavy atom. The number of aromatic nitrogens is 4. The average molecular weight is 474 g/mol. The van der Waals surface area contributed by atoms with Crippen LogP contribution in [0.3, 0.4) is 0 Å². The summed E-state index contributed by atoms with van der Waals surface area (Å²) in [5.74, 6) is 0.945. The molecule has 0 radical (unpaired) electrons. The summed E-state index contributed by atoms with van der Waals surface area (Å²) in [6.45, 7) is 2.16. The van der Waals surface area contributed by atoms with Gasteiger partial charge in [-0.3, -0.25) is 4.98 Å². The molecule has 0 spiro atoms. The first-order valence-corrected chi connectivity index (χ1v) is 11.8. The van der Waals surface area contributed by atoms with Gasteiger partial charge in [0.2, 0.25) is 0 Å². The molecule has 0 saturated heterocycles. The lowest BCUT2D eigenvalue weighted by Gasteiger charge is -2.28. The van der Waals surface area contributed by atoms with E-state index >= 15 is 0 Å². The van der Waals surface area contributed by atoms with Gasteiger partial charge in [-0.05, 0) is 66.1 Å². The normalized spacial score (nSPS) is 19.0. The molecule has 5 rings (SSSR count). The topological polar surface area (TPSA) is 66.9 Å². The fourth-order valence-corrected chi connectivity index (χ4v) is 5.68. The Morgan fingerprint density at radius 1 is 1.16 bits per heavy atom. The van der Waals surface area contributed by atoms with Crippen LogP contribution in [0, 0.1) is 17.2 Å². The van der Waals surface area contributed by atoms with Gasteiger partial charge in [-0.15, -0.1) is 0 Å². The van der Waals surface area contributed by atoms with Crippen LogP contribution in [0.4, 0.5) is 0 Å². The van der Waals surface area contributed by atoms with Crippen LogP contribution in [0.15, 0.2) is 47.2 Å². The molecule has 1 aromatic carbocycles. The standard InChI is InChI=1S/C25H24BrN5/c1-2-22-23(26)24(17-9-7-16(8-10-17)11-12-27)30-25-20(15-29-31(22)25)19-13-18-5-3-4-6-21(18)28-14-19/h3-6,13-17H,2,7-11H2,1H3. The monoisotopic (exact) mass is 473 g/mol. The Morgan fingerprint density at radius 3 is 2.74 bits per heavy atom. The Labute approximate surface area is 190 Å². The maximum Gasteiger partial charge on any atom is 0.163 e. The second-order valence-corrected chi connectivity index (χ2v) is 9.19. The molecule has 31 heavy (non-hydrogen) atoms. The summed E-state index contributed by atoms with van der Waals surface area (Å²) in [7, 11) is 0. The molecule has 3 heterocycles. The predicted octanol–water partition coefficient (Wildman–Crippen LogP) is 6.46. The van der Waals surface area contributed by atoms with Crippen molar-refractivity contribution in [2.75, 3.05) is 0 Å². The molecule has 5 nitrogen and oxygen atoms in total. The first-order chi connectivity index (χ1) is 15.2. The number of para-hydroxylation sites is 1. The van der Waals surface area contributed by atoms with Crippen molar-refractivity contribution in [3.63, 3.8) is 0 Å². The molecule has 0 N–H and O–H groups in total. The smallest absolute Gasteiger partial charge is 0.163 e. The van der Waals surface area contributed by atoms with Crippen LogP contribution < -0.4 is 0 Å². The molecule has 0 amide bonds. The van der Waals surface area contributed by atoms with Crippen LogP contribution in [0.25, 0.3) is 27.7 Å². The maximum absolute atomic E-state index is 9.03. The fraction of sp³-hybridized carbons (Fsp3) is 0.360. The number of fused-ring (bicyclic) bond motifs is 2. The van der Waals surface area contributed by atoms with Crippen LogP contribution in [0.2, 0.25) is 0 Å². The van der Waals surface area contributed by atoms with E-state index in [1.807, 2.05) is 35.1 Å². The number of nitriles is 1. The van der Waals surface area contributed by atoms with Gasteiger partial charge in [-0.2, -0.15) is 10.4 Å². The van der Waals surface area contributed by atoms with E-state index in [4.69, 9.17) is 10.2 Å². The number of nitrogens with zero attached hydrogens (tertiary/aromatic N) is 5. The zero-order valence-corrected chi connectivity index (χ0v) is 19.1. The molecule has 0 atom stereocenters. The third kappa shape index (κ3) is 3.61. The number of hydrogen-bond donors (Lipinski definition) is 0. The lowest BCUT2D eigenvalue weighted by molar-refractivity contribution is 0.326. The van der Waals surface area contributed by atoms with E-state index in [9.17, 15) is 0 Å². The van der Waals surface area contributed by atoms with E-state index in [2.05, 4.69) is 51.1 Å². The molecule has 0 aliphatic heterocycles. The van der Waals surface area contributed by atoms with Crippen molar-refractivity contribution in [2.45, 2.75) is 51.4 Å². The van der Waals surface area contributed by atoms with Crippen molar-refractivity contribution in [3.05, 3.63) is 58.6 Å². The Hall–Kier alpha value is -2.78. The molecule has 0 unspecified atom stereocenters. The zero-order valence-electron chi connectivity index (χ0n) is 17.6. The number of benzene rings is 1. The van der Waals surface area contributed by atoms with Crippen molar-refractivity contribution >= 4 is 32.5 Å². The van der Waals surface area contributed by atoms with E-state index < -0.39 is 0 Å². The maximum atomic E-state index is 9.03. The Kier molecular flexibility index (Phi) is 5.45. The number of aryl methyl sites for hydroxylation is 1. The van der Waals surface area contributed by atoms with Crippen LogP contribution in [-0.4, -0.2) is 19.6 Å². The van der Waals surface area contributed by atoms with Gasteiger partial charge >= 0.3 is 0 Å². The molecule has 0 bridgehead atoms. The Bertz CT molecular complexity index is 1290. The average Bonchev–Trinajstić information content (AvgIpc) is 3.23.